The highest BCUT2D eigenvalue weighted by Crippen LogP contribution is 2.29. The van der Waals surface area contributed by atoms with Gasteiger partial charge in [0.05, 0.1) is 20.8 Å². The van der Waals surface area contributed by atoms with Crippen LogP contribution in [0.1, 0.15) is 63.0 Å². The zero-order valence-electron chi connectivity index (χ0n) is 23.7. The van der Waals surface area contributed by atoms with Crippen LogP contribution in [0.5, 0.6) is 11.5 Å². The summed E-state index contributed by atoms with van der Waals surface area (Å²) in [6.07, 6.45) is 10.0. The largest absolute Gasteiger partial charge is 0.493 e. The minimum atomic E-state index is -0.0349. The van der Waals surface area contributed by atoms with Crippen molar-refractivity contribution in [2.75, 3.05) is 33.9 Å². The van der Waals surface area contributed by atoms with Crippen LogP contribution in [0, 0.1) is 5.92 Å². The van der Waals surface area contributed by atoms with Crippen molar-refractivity contribution in [3.05, 3.63) is 59.8 Å². The molecule has 0 atom stereocenters. The summed E-state index contributed by atoms with van der Waals surface area (Å²) in [7, 11) is 3.22. The quantitative estimate of drug-likeness (QED) is 0.277. The molecule has 1 aliphatic carbocycles. The highest BCUT2D eigenvalue weighted by molar-refractivity contribution is 5.85. The number of aromatic nitrogens is 1. The number of aromatic amines is 1. The molecule has 0 unspecified atom stereocenters. The number of fused-ring (bicyclic) bond motifs is 1. The normalized spacial score (nSPS) is 13.5. The molecule has 1 N–H and O–H groups in total. The van der Waals surface area contributed by atoms with E-state index >= 15 is 0 Å². The number of ether oxygens (including phenoxy) is 2. The Morgan fingerprint density at radius 3 is 2.46 bits per heavy atom. The third-order valence-electron chi connectivity index (χ3n) is 7.91. The van der Waals surface area contributed by atoms with Crippen molar-refractivity contribution >= 4 is 22.7 Å². The van der Waals surface area contributed by atoms with Gasteiger partial charge in [-0.3, -0.25) is 9.59 Å². The Labute approximate surface area is 232 Å². The van der Waals surface area contributed by atoms with Gasteiger partial charge in [0.25, 0.3) is 0 Å². The Morgan fingerprint density at radius 1 is 0.949 bits per heavy atom. The van der Waals surface area contributed by atoms with Crippen LogP contribution in [0.15, 0.2) is 48.7 Å². The monoisotopic (exact) mass is 533 g/mol. The summed E-state index contributed by atoms with van der Waals surface area (Å²) >= 11 is 0. The van der Waals surface area contributed by atoms with Crippen LogP contribution in [-0.2, 0) is 22.6 Å². The standard InChI is InChI=1S/C32H43N3O4/c1-4-18-34(31(36)16-14-24-9-5-6-10-24)23-32(37)35(22-25-13-15-29(38-2)30(20-25)39-3)19-17-26-21-33-28-12-8-7-11-27(26)28/h7-8,11-13,15,20-21,24,33H,4-6,9-10,14,16-19,22-23H2,1-3H3. The molecule has 4 rings (SSSR count). The van der Waals surface area contributed by atoms with Gasteiger partial charge in [-0.2, -0.15) is 0 Å². The van der Waals surface area contributed by atoms with E-state index in [1.165, 1.54) is 36.6 Å². The summed E-state index contributed by atoms with van der Waals surface area (Å²) in [4.78, 5) is 33.9. The number of hydrogen-bond acceptors (Lipinski definition) is 4. The Balaban J connectivity index is 1.49. The molecule has 1 aromatic heterocycles. The molecule has 0 aliphatic heterocycles. The summed E-state index contributed by atoms with van der Waals surface area (Å²) in [5.74, 6) is 2.01. The average Bonchev–Trinajstić information content (AvgIpc) is 3.63. The molecular weight excluding hydrogens is 490 g/mol. The van der Waals surface area contributed by atoms with E-state index in [1.54, 1.807) is 19.1 Å². The Morgan fingerprint density at radius 2 is 1.72 bits per heavy atom. The summed E-state index contributed by atoms with van der Waals surface area (Å²) in [6, 6.07) is 14.0. The molecule has 1 fully saturated rings. The Bertz CT molecular complexity index is 1230. The SMILES string of the molecule is CCCN(CC(=O)N(CCc1c[nH]c2ccccc12)Cc1ccc(OC)c(OC)c1)C(=O)CCC1CCCC1. The lowest BCUT2D eigenvalue weighted by molar-refractivity contribution is -0.141. The molecule has 210 valence electrons. The fraction of sp³-hybridized carbons (Fsp3) is 0.500. The molecular formula is C32H43N3O4. The second-order valence-electron chi connectivity index (χ2n) is 10.6. The average molecular weight is 534 g/mol. The third-order valence-corrected chi connectivity index (χ3v) is 7.91. The molecule has 1 aliphatic rings. The smallest absolute Gasteiger partial charge is 0.242 e. The number of benzene rings is 2. The van der Waals surface area contributed by atoms with Gasteiger partial charge < -0.3 is 24.3 Å². The van der Waals surface area contributed by atoms with Crippen LogP contribution in [0.3, 0.4) is 0 Å². The molecule has 7 heteroatoms. The minimum Gasteiger partial charge on any atom is -0.493 e. The summed E-state index contributed by atoms with van der Waals surface area (Å²) < 4.78 is 10.9. The zero-order chi connectivity index (χ0) is 27.6. The first-order valence-corrected chi connectivity index (χ1v) is 14.3. The number of amides is 2. The van der Waals surface area contributed by atoms with Crippen molar-refractivity contribution in [1.29, 1.82) is 0 Å². The van der Waals surface area contributed by atoms with Crippen molar-refractivity contribution in [3.8, 4) is 11.5 Å². The molecule has 1 saturated carbocycles. The first kappa shape index (κ1) is 28.5. The molecule has 0 bridgehead atoms. The number of para-hydroxylation sites is 1. The van der Waals surface area contributed by atoms with Gasteiger partial charge in [0.15, 0.2) is 11.5 Å². The van der Waals surface area contributed by atoms with E-state index in [0.29, 0.717) is 49.9 Å². The van der Waals surface area contributed by atoms with Crippen LogP contribution >= 0.6 is 0 Å². The van der Waals surface area contributed by atoms with Gasteiger partial charge in [-0.1, -0.05) is 56.9 Å². The van der Waals surface area contributed by atoms with E-state index in [-0.39, 0.29) is 18.4 Å². The highest BCUT2D eigenvalue weighted by atomic mass is 16.5. The maximum absolute atomic E-state index is 13.8. The van der Waals surface area contributed by atoms with Gasteiger partial charge in [-0.15, -0.1) is 0 Å². The van der Waals surface area contributed by atoms with Gasteiger partial charge in [0, 0.05) is 43.2 Å². The first-order chi connectivity index (χ1) is 19.0. The van der Waals surface area contributed by atoms with Gasteiger partial charge in [0.1, 0.15) is 0 Å². The third kappa shape index (κ3) is 7.55. The van der Waals surface area contributed by atoms with Crippen LogP contribution < -0.4 is 9.47 Å². The number of carbonyl (C=O) groups excluding carboxylic acids is 2. The van der Waals surface area contributed by atoms with E-state index in [2.05, 4.69) is 24.0 Å². The molecule has 7 nitrogen and oxygen atoms in total. The van der Waals surface area contributed by atoms with Gasteiger partial charge >= 0.3 is 0 Å². The Hall–Kier alpha value is -3.48. The Kier molecular flexibility index (Phi) is 10.3. The van der Waals surface area contributed by atoms with Crippen molar-refractivity contribution in [2.24, 2.45) is 5.92 Å². The maximum atomic E-state index is 13.8. The van der Waals surface area contributed by atoms with Crippen LogP contribution in [0.2, 0.25) is 0 Å². The van der Waals surface area contributed by atoms with E-state index in [0.717, 1.165) is 23.9 Å². The molecule has 0 radical (unpaired) electrons. The van der Waals surface area contributed by atoms with Crippen molar-refractivity contribution in [2.45, 2.75) is 64.8 Å². The number of nitrogens with zero attached hydrogens (tertiary/aromatic N) is 2. The van der Waals surface area contributed by atoms with Gasteiger partial charge in [-0.25, -0.2) is 0 Å². The molecule has 1 heterocycles. The predicted molar refractivity (Wildman–Crippen MR) is 155 cm³/mol. The van der Waals surface area contributed by atoms with E-state index < -0.39 is 0 Å². The van der Waals surface area contributed by atoms with E-state index in [1.807, 2.05) is 41.4 Å². The van der Waals surface area contributed by atoms with Crippen LogP contribution in [-0.4, -0.2) is 60.5 Å². The minimum absolute atomic E-state index is 0.0349. The fourth-order valence-corrected chi connectivity index (χ4v) is 5.70. The zero-order valence-corrected chi connectivity index (χ0v) is 23.7. The number of methoxy groups -OCH3 is 2. The molecule has 3 aromatic rings. The van der Waals surface area contributed by atoms with Gasteiger partial charge in [0.2, 0.25) is 11.8 Å². The highest BCUT2D eigenvalue weighted by Gasteiger charge is 2.23. The lowest BCUT2D eigenvalue weighted by Gasteiger charge is -2.28. The summed E-state index contributed by atoms with van der Waals surface area (Å²) in [6.45, 7) is 3.74. The van der Waals surface area contributed by atoms with E-state index in [9.17, 15) is 9.59 Å². The van der Waals surface area contributed by atoms with Crippen molar-refractivity contribution in [1.82, 2.24) is 14.8 Å². The lowest BCUT2D eigenvalue weighted by Crippen LogP contribution is -2.43. The van der Waals surface area contributed by atoms with E-state index in [4.69, 9.17) is 9.47 Å². The molecule has 2 amide bonds. The summed E-state index contributed by atoms with van der Waals surface area (Å²) in [5.41, 5.74) is 3.22. The van der Waals surface area contributed by atoms with Crippen molar-refractivity contribution in [3.63, 3.8) is 0 Å². The lowest BCUT2D eigenvalue weighted by atomic mass is 10.0. The topological polar surface area (TPSA) is 74.9 Å². The molecule has 0 spiro atoms. The molecule has 39 heavy (non-hydrogen) atoms. The number of H-pyrrole nitrogens is 1. The number of carbonyl (C=O) groups is 2. The number of rotatable bonds is 14. The van der Waals surface area contributed by atoms with Crippen molar-refractivity contribution < 1.29 is 19.1 Å². The number of hydrogen-bond donors (Lipinski definition) is 1. The summed E-state index contributed by atoms with van der Waals surface area (Å²) in [5, 5.41) is 1.17. The maximum Gasteiger partial charge on any atom is 0.242 e. The van der Waals surface area contributed by atoms with Crippen LogP contribution in [0.25, 0.3) is 10.9 Å². The fourth-order valence-electron chi connectivity index (χ4n) is 5.70. The second-order valence-corrected chi connectivity index (χ2v) is 10.6. The predicted octanol–water partition coefficient (Wildman–Crippen LogP) is 5.97. The first-order valence-electron chi connectivity index (χ1n) is 14.3. The van der Waals surface area contributed by atoms with Crippen LogP contribution in [0.4, 0.5) is 0 Å². The molecule has 0 saturated heterocycles. The number of nitrogens with one attached hydrogen (secondary N) is 1. The van der Waals surface area contributed by atoms with Gasteiger partial charge in [-0.05, 0) is 54.5 Å². The molecule has 2 aromatic carbocycles. The second kappa shape index (κ2) is 14.1.